The van der Waals surface area contributed by atoms with E-state index in [1.165, 1.54) is 0 Å². The molecule has 0 aliphatic carbocycles. The zero-order chi connectivity index (χ0) is 13.8. The van der Waals surface area contributed by atoms with Gasteiger partial charge in [0.05, 0.1) is 5.56 Å². The van der Waals surface area contributed by atoms with Gasteiger partial charge in [-0.1, -0.05) is 30.3 Å². The van der Waals surface area contributed by atoms with E-state index >= 15 is 0 Å². The van der Waals surface area contributed by atoms with Crippen LogP contribution >= 0.6 is 23.4 Å². The third-order valence-corrected chi connectivity index (χ3v) is 4.10. The first-order valence-electron chi connectivity index (χ1n) is 5.90. The minimum atomic E-state index is -0.906. The highest BCUT2D eigenvalue weighted by molar-refractivity contribution is 7.99. The Labute approximate surface area is 121 Å². The van der Waals surface area contributed by atoms with Crippen LogP contribution in [0.3, 0.4) is 0 Å². The molecule has 0 saturated heterocycles. The lowest BCUT2D eigenvalue weighted by Gasteiger charge is -2.06. The number of halogens is 1. The molecule has 0 fully saturated rings. The van der Waals surface area contributed by atoms with E-state index in [0.717, 1.165) is 26.8 Å². The fraction of sp³-hybridized carbons (Fsp3) is 0.133. The summed E-state index contributed by atoms with van der Waals surface area (Å²) >= 11 is 7.68. The van der Waals surface area contributed by atoms with Crippen LogP contribution in [-0.4, -0.2) is 11.1 Å². The summed E-state index contributed by atoms with van der Waals surface area (Å²) in [6.07, 6.45) is 0.894. The lowest BCUT2D eigenvalue weighted by Crippen LogP contribution is -1.94. The minimum absolute atomic E-state index is 0.301. The van der Waals surface area contributed by atoms with E-state index in [-0.39, 0.29) is 0 Å². The molecule has 0 heterocycles. The second-order valence-electron chi connectivity index (χ2n) is 4.04. The van der Waals surface area contributed by atoms with Gasteiger partial charge in [0.15, 0.2) is 0 Å². The van der Waals surface area contributed by atoms with E-state index in [1.807, 2.05) is 24.3 Å². The van der Waals surface area contributed by atoms with E-state index in [0.29, 0.717) is 5.56 Å². The predicted molar refractivity (Wildman–Crippen MR) is 78.4 cm³/mol. The average Bonchev–Trinajstić information content (AvgIpc) is 2.41. The zero-order valence-corrected chi connectivity index (χ0v) is 12.0. The Balaban J connectivity index is 2.19. The van der Waals surface area contributed by atoms with E-state index < -0.39 is 5.97 Å². The molecule has 0 aromatic heterocycles. The van der Waals surface area contributed by atoms with Gasteiger partial charge in [0.25, 0.3) is 0 Å². The molecule has 0 amide bonds. The summed E-state index contributed by atoms with van der Waals surface area (Å²) in [6, 6.07) is 12.8. The van der Waals surface area contributed by atoms with Crippen LogP contribution < -0.4 is 0 Å². The molecule has 0 bridgehead atoms. The van der Waals surface area contributed by atoms with Gasteiger partial charge < -0.3 is 5.11 Å². The Bertz CT molecular complexity index is 594. The molecule has 0 saturated carbocycles. The second-order valence-corrected chi connectivity index (χ2v) is 5.59. The van der Waals surface area contributed by atoms with E-state index in [2.05, 4.69) is 13.0 Å². The van der Waals surface area contributed by atoms with Gasteiger partial charge in [0, 0.05) is 14.8 Å². The van der Waals surface area contributed by atoms with E-state index in [9.17, 15) is 4.79 Å². The van der Waals surface area contributed by atoms with Gasteiger partial charge >= 0.3 is 5.97 Å². The standard InChI is InChI=1S/C15H13ClO2S/c1-2-10-9-13(7-8-14(10)16)19-12-5-3-11(4-6-12)15(17)18/h3-9H,2H2,1H3,(H,17,18). The topological polar surface area (TPSA) is 37.3 Å². The SMILES string of the molecule is CCc1cc(Sc2ccc(C(=O)O)cc2)ccc1Cl. The first kappa shape index (κ1) is 14.0. The lowest BCUT2D eigenvalue weighted by molar-refractivity contribution is 0.0697. The number of aromatic carboxylic acids is 1. The Kier molecular flexibility index (Phi) is 4.51. The lowest BCUT2D eigenvalue weighted by atomic mass is 10.2. The summed E-state index contributed by atoms with van der Waals surface area (Å²) in [6.45, 7) is 2.07. The van der Waals surface area contributed by atoms with Crippen LogP contribution in [0.5, 0.6) is 0 Å². The van der Waals surface area contributed by atoms with Crippen molar-refractivity contribution in [1.82, 2.24) is 0 Å². The van der Waals surface area contributed by atoms with E-state index in [1.54, 1.807) is 23.9 Å². The summed E-state index contributed by atoms with van der Waals surface area (Å²) in [4.78, 5) is 12.9. The Hall–Kier alpha value is -1.45. The third kappa shape index (κ3) is 3.52. The van der Waals surface area contributed by atoms with Crippen molar-refractivity contribution in [2.75, 3.05) is 0 Å². The Morgan fingerprint density at radius 2 is 1.79 bits per heavy atom. The Morgan fingerprint density at radius 1 is 1.16 bits per heavy atom. The molecule has 0 aliphatic rings. The molecule has 0 unspecified atom stereocenters. The van der Waals surface area contributed by atoms with Gasteiger partial charge in [-0.2, -0.15) is 0 Å². The molecule has 0 atom stereocenters. The zero-order valence-electron chi connectivity index (χ0n) is 10.4. The van der Waals surface area contributed by atoms with Crippen molar-refractivity contribution in [2.45, 2.75) is 23.1 Å². The Morgan fingerprint density at radius 3 is 2.37 bits per heavy atom. The number of benzene rings is 2. The molecule has 1 N–H and O–H groups in total. The van der Waals surface area contributed by atoms with E-state index in [4.69, 9.17) is 16.7 Å². The van der Waals surface area contributed by atoms with Gasteiger partial charge in [-0.15, -0.1) is 0 Å². The van der Waals surface area contributed by atoms with Crippen molar-refractivity contribution >= 4 is 29.3 Å². The maximum Gasteiger partial charge on any atom is 0.335 e. The summed E-state index contributed by atoms with van der Waals surface area (Å²) in [5.74, 6) is -0.906. The number of aryl methyl sites for hydroxylation is 1. The van der Waals surface area contributed by atoms with Gasteiger partial charge in [0.2, 0.25) is 0 Å². The summed E-state index contributed by atoms with van der Waals surface area (Å²) in [5, 5.41) is 9.63. The van der Waals surface area contributed by atoms with Crippen LogP contribution in [0.15, 0.2) is 52.3 Å². The molecule has 2 nitrogen and oxygen atoms in total. The summed E-state index contributed by atoms with van der Waals surface area (Å²) in [5.41, 5.74) is 1.42. The van der Waals surface area contributed by atoms with Crippen molar-refractivity contribution in [2.24, 2.45) is 0 Å². The predicted octanol–water partition coefficient (Wildman–Crippen LogP) is 4.75. The molecular formula is C15H13ClO2S. The van der Waals surface area contributed by atoms with Crippen LogP contribution in [0.2, 0.25) is 5.02 Å². The summed E-state index contributed by atoms with van der Waals surface area (Å²) in [7, 11) is 0. The molecular weight excluding hydrogens is 280 g/mol. The number of hydrogen-bond acceptors (Lipinski definition) is 2. The van der Waals surface area contributed by atoms with Crippen molar-refractivity contribution in [3.05, 3.63) is 58.6 Å². The van der Waals surface area contributed by atoms with Gasteiger partial charge in [-0.05, 0) is 54.4 Å². The molecule has 2 rings (SSSR count). The average molecular weight is 293 g/mol. The fourth-order valence-electron chi connectivity index (χ4n) is 1.69. The quantitative estimate of drug-likeness (QED) is 0.883. The molecule has 0 radical (unpaired) electrons. The highest BCUT2D eigenvalue weighted by atomic mass is 35.5. The van der Waals surface area contributed by atoms with Crippen LogP contribution in [-0.2, 0) is 6.42 Å². The second kappa shape index (κ2) is 6.13. The number of carboxylic acid groups (broad SMARTS) is 1. The van der Waals surface area contributed by atoms with Crippen molar-refractivity contribution in [3.8, 4) is 0 Å². The first-order chi connectivity index (χ1) is 9.10. The van der Waals surface area contributed by atoms with Crippen molar-refractivity contribution in [1.29, 1.82) is 0 Å². The largest absolute Gasteiger partial charge is 0.478 e. The number of hydrogen-bond donors (Lipinski definition) is 1. The van der Waals surface area contributed by atoms with Crippen LogP contribution in [0.4, 0.5) is 0 Å². The number of rotatable bonds is 4. The van der Waals surface area contributed by atoms with Crippen molar-refractivity contribution in [3.63, 3.8) is 0 Å². The molecule has 4 heteroatoms. The molecule has 0 spiro atoms. The number of carboxylic acids is 1. The van der Waals surface area contributed by atoms with Gasteiger partial charge in [-0.3, -0.25) is 0 Å². The third-order valence-electron chi connectivity index (χ3n) is 2.74. The van der Waals surface area contributed by atoms with Crippen LogP contribution in [0.1, 0.15) is 22.8 Å². The maximum atomic E-state index is 10.8. The first-order valence-corrected chi connectivity index (χ1v) is 7.09. The molecule has 19 heavy (non-hydrogen) atoms. The molecule has 98 valence electrons. The number of carbonyl (C=O) groups is 1. The highest BCUT2D eigenvalue weighted by Gasteiger charge is 2.04. The van der Waals surface area contributed by atoms with Gasteiger partial charge in [-0.25, -0.2) is 4.79 Å². The van der Waals surface area contributed by atoms with Crippen LogP contribution in [0, 0.1) is 0 Å². The minimum Gasteiger partial charge on any atom is -0.478 e. The molecule has 2 aromatic carbocycles. The molecule has 2 aromatic rings. The van der Waals surface area contributed by atoms with Crippen LogP contribution in [0.25, 0.3) is 0 Å². The van der Waals surface area contributed by atoms with Crippen molar-refractivity contribution < 1.29 is 9.90 Å². The monoisotopic (exact) mass is 292 g/mol. The molecule has 0 aliphatic heterocycles. The smallest absolute Gasteiger partial charge is 0.335 e. The fourth-order valence-corrected chi connectivity index (χ4v) is 2.82. The van der Waals surface area contributed by atoms with Gasteiger partial charge in [0.1, 0.15) is 0 Å². The normalized spacial score (nSPS) is 10.4. The highest BCUT2D eigenvalue weighted by Crippen LogP contribution is 2.30. The maximum absolute atomic E-state index is 10.8. The summed E-state index contributed by atoms with van der Waals surface area (Å²) < 4.78 is 0.